The van der Waals surface area contributed by atoms with Gasteiger partial charge in [-0.3, -0.25) is 4.79 Å². The third-order valence-corrected chi connectivity index (χ3v) is 2.53. The Balaban J connectivity index is 2.69. The number of nitrogens with zero attached hydrogens (tertiary/aromatic N) is 1. The molecule has 0 heterocycles. The van der Waals surface area contributed by atoms with Crippen molar-refractivity contribution in [2.24, 2.45) is 0 Å². The molecule has 1 aromatic rings. The molecule has 3 nitrogen and oxygen atoms in total. The van der Waals surface area contributed by atoms with Crippen LogP contribution in [0.3, 0.4) is 0 Å². The van der Waals surface area contributed by atoms with Gasteiger partial charge in [0.05, 0.1) is 6.54 Å². The Morgan fingerprint density at radius 2 is 2.12 bits per heavy atom. The zero-order valence-electron chi connectivity index (χ0n) is 11.2. The van der Waals surface area contributed by atoms with Gasteiger partial charge in [0, 0.05) is 18.3 Å². The van der Waals surface area contributed by atoms with E-state index in [1.807, 2.05) is 26.0 Å². The van der Waals surface area contributed by atoms with Gasteiger partial charge in [0.15, 0.2) is 0 Å². The summed E-state index contributed by atoms with van der Waals surface area (Å²) in [5.74, 6) is 0.0726. The fraction of sp³-hybridized carbons (Fsp3) is 0.500. The first kappa shape index (κ1) is 13.6. The van der Waals surface area contributed by atoms with Gasteiger partial charge in [-0.2, -0.15) is 0 Å². The van der Waals surface area contributed by atoms with Gasteiger partial charge in [0.1, 0.15) is 0 Å². The molecule has 0 saturated carbocycles. The van der Waals surface area contributed by atoms with Crippen LogP contribution in [-0.4, -0.2) is 25.0 Å². The van der Waals surface area contributed by atoms with Gasteiger partial charge in [0.2, 0.25) is 5.91 Å². The summed E-state index contributed by atoms with van der Waals surface area (Å²) >= 11 is 0. The molecule has 0 aliphatic carbocycles. The number of rotatable bonds is 5. The Morgan fingerprint density at radius 1 is 1.41 bits per heavy atom. The summed E-state index contributed by atoms with van der Waals surface area (Å²) in [5.41, 5.74) is 2.32. The van der Waals surface area contributed by atoms with E-state index in [0.717, 1.165) is 12.2 Å². The third kappa shape index (κ3) is 4.47. The van der Waals surface area contributed by atoms with E-state index in [-0.39, 0.29) is 11.9 Å². The highest BCUT2D eigenvalue weighted by atomic mass is 16.2. The minimum atomic E-state index is 0.0726. The highest BCUT2D eigenvalue weighted by Crippen LogP contribution is 2.15. The van der Waals surface area contributed by atoms with Crippen LogP contribution in [0.2, 0.25) is 0 Å². The van der Waals surface area contributed by atoms with Crippen LogP contribution in [0.1, 0.15) is 26.3 Å². The molecule has 0 bridgehead atoms. The van der Waals surface area contributed by atoms with Crippen molar-refractivity contribution in [2.45, 2.75) is 33.7 Å². The Hall–Kier alpha value is -1.51. The fourth-order valence-corrected chi connectivity index (χ4v) is 1.75. The van der Waals surface area contributed by atoms with Crippen LogP contribution in [-0.2, 0) is 4.79 Å². The lowest BCUT2D eigenvalue weighted by Crippen LogP contribution is -2.40. The molecule has 0 aromatic heterocycles. The molecule has 94 valence electrons. The van der Waals surface area contributed by atoms with Crippen molar-refractivity contribution in [3.8, 4) is 0 Å². The van der Waals surface area contributed by atoms with Crippen molar-refractivity contribution in [2.75, 3.05) is 18.0 Å². The molecule has 0 spiro atoms. The average molecular weight is 234 g/mol. The van der Waals surface area contributed by atoms with Crippen molar-refractivity contribution in [1.82, 2.24) is 5.32 Å². The highest BCUT2D eigenvalue weighted by Gasteiger charge is 2.10. The minimum Gasteiger partial charge on any atom is -0.362 e. The van der Waals surface area contributed by atoms with Crippen LogP contribution in [0.15, 0.2) is 24.3 Å². The van der Waals surface area contributed by atoms with Crippen molar-refractivity contribution in [3.63, 3.8) is 0 Å². The van der Waals surface area contributed by atoms with Gasteiger partial charge in [-0.05, 0) is 45.4 Å². The number of hydrogen-bond donors (Lipinski definition) is 1. The number of nitrogens with one attached hydrogen (secondary N) is 1. The molecular formula is C14H22N2O. The number of carbonyl (C=O) groups is 1. The molecule has 1 aromatic carbocycles. The van der Waals surface area contributed by atoms with Gasteiger partial charge in [-0.15, -0.1) is 0 Å². The normalized spacial score (nSPS) is 10.4. The fourth-order valence-electron chi connectivity index (χ4n) is 1.75. The number of likely N-dealkylation sites (N-methyl/N-ethyl adjacent to an activating group) is 1. The van der Waals surface area contributed by atoms with E-state index < -0.39 is 0 Å². The molecule has 1 N–H and O–H groups in total. The summed E-state index contributed by atoms with van der Waals surface area (Å²) in [6.45, 7) is 9.31. The predicted octanol–water partition coefficient (Wildman–Crippen LogP) is 2.35. The summed E-state index contributed by atoms with van der Waals surface area (Å²) in [6.07, 6.45) is 0. The lowest BCUT2D eigenvalue weighted by molar-refractivity contribution is -0.120. The molecule has 0 aliphatic rings. The lowest BCUT2D eigenvalue weighted by Gasteiger charge is -2.23. The van der Waals surface area contributed by atoms with Crippen molar-refractivity contribution in [1.29, 1.82) is 0 Å². The van der Waals surface area contributed by atoms with E-state index in [2.05, 4.69) is 36.2 Å². The Bertz CT molecular complexity index is 374. The Kier molecular flexibility index (Phi) is 5.01. The van der Waals surface area contributed by atoms with Crippen LogP contribution in [0, 0.1) is 6.92 Å². The number of amides is 1. The molecule has 0 fully saturated rings. The standard InChI is InChI=1S/C14H22N2O/c1-5-16(10-14(17)15-11(2)3)13-8-6-7-12(4)9-13/h6-9,11H,5,10H2,1-4H3,(H,15,17). The van der Waals surface area contributed by atoms with Crippen LogP contribution in [0.5, 0.6) is 0 Å². The number of aryl methyl sites for hydroxylation is 1. The van der Waals surface area contributed by atoms with Crippen molar-refractivity contribution in [3.05, 3.63) is 29.8 Å². The molecule has 0 atom stereocenters. The number of benzene rings is 1. The number of carbonyl (C=O) groups excluding carboxylic acids is 1. The first-order valence-corrected chi connectivity index (χ1v) is 6.14. The summed E-state index contributed by atoms with van der Waals surface area (Å²) in [4.78, 5) is 13.8. The zero-order chi connectivity index (χ0) is 12.8. The second-order valence-electron chi connectivity index (χ2n) is 4.58. The molecule has 3 heteroatoms. The van der Waals surface area contributed by atoms with Crippen molar-refractivity contribution < 1.29 is 4.79 Å². The van der Waals surface area contributed by atoms with E-state index in [4.69, 9.17) is 0 Å². The molecule has 0 aliphatic heterocycles. The third-order valence-electron chi connectivity index (χ3n) is 2.53. The van der Waals surface area contributed by atoms with Gasteiger partial charge in [-0.1, -0.05) is 12.1 Å². The summed E-state index contributed by atoms with van der Waals surface area (Å²) in [6, 6.07) is 8.42. The zero-order valence-corrected chi connectivity index (χ0v) is 11.2. The average Bonchev–Trinajstić information content (AvgIpc) is 2.24. The molecular weight excluding hydrogens is 212 g/mol. The van der Waals surface area contributed by atoms with Crippen LogP contribution in [0.25, 0.3) is 0 Å². The van der Waals surface area contributed by atoms with E-state index in [0.29, 0.717) is 6.54 Å². The van der Waals surface area contributed by atoms with E-state index in [9.17, 15) is 4.79 Å². The molecule has 1 amide bonds. The molecule has 17 heavy (non-hydrogen) atoms. The molecule has 1 rings (SSSR count). The van der Waals surface area contributed by atoms with E-state index >= 15 is 0 Å². The van der Waals surface area contributed by atoms with Gasteiger partial charge in [-0.25, -0.2) is 0 Å². The summed E-state index contributed by atoms with van der Waals surface area (Å²) in [5, 5.41) is 2.91. The molecule has 0 radical (unpaired) electrons. The van der Waals surface area contributed by atoms with Gasteiger partial charge in [0.25, 0.3) is 0 Å². The maximum Gasteiger partial charge on any atom is 0.239 e. The minimum absolute atomic E-state index is 0.0726. The number of anilines is 1. The lowest BCUT2D eigenvalue weighted by atomic mass is 10.2. The maximum atomic E-state index is 11.7. The largest absolute Gasteiger partial charge is 0.362 e. The Morgan fingerprint density at radius 3 is 2.65 bits per heavy atom. The summed E-state index contributed by atoms with van der Waals surface area (Å²) in [7, 11) is 0. The maximum absolute atomic E-state index is 11.7. The van der Waals surface area contributed by atoms with Crippen LogP contribution in [0.4, 0.5) is 5.69 Å². The van der Waals surface area contributed by atoms with E-state index in [1.165, 1.54) is 5.56 Å². The van der Waals surface area contributed by atoms with Gasteiger partial charge >= 0.3 is 0 Å². The highest BCUT2D eigenvalue weighted by molar-refractivity contribution is 5.81. The SMILES string of the molecule is CCN(CC(=O)NC(C)C)c1cccc(C)c1. The second kappa shape index (κ2) is 6.28. The molecule has 0 unspecified atom stereocenters. The predicted molar refractivity (Wildman–Crippen MR) is 72.3 cm³/mol. The Labute approximate surface area is 104 Å². The second-order valence-corrected chi connectivity index (χ2v) is 4.58. The van der Waals surface area contributed by atoms with Crippen LogP contribution >= 0.6 is 0 Å². The smallest absolute Gasteiger partial charge is 0.239 e. The quantitative estimate of drug-likeness (QED) is 0.848. The van der Waals surface area contributed by atoms with Crippen molar-refractivity contribution >= 4 is 11.6 Å². The first-order chi connectivity index (χ1) is 8.02. The topological polar surface area (TPSA) is 32.3 Å². The van der Waals surface area contributed by atoms with Gasteiger partial charge < -0.3 is 10.2 Å². The van der Waals surface area contributed by atoms with E-state index in [1.54, 1.807) is 0 Å². The first-order valence-electron chi connectivity index (χ1n) is 6.14. The van der Waals surface area contributed by atoms with Crippen LogP contribution < -0.4 is 10.2 Å². The molecule has 0 saturated heterocycles. The number of hydrogen-bond acceptors (Lipinski definition) is 2. The summed E-state index contributed by atoms with van der Waals surface area (Å²) < 4.78 is 0. The monoisotopic (exact) mass is 234 g/mol.